The van der Waals surface area contributed by atoms with Gasteiger partial charge in [-0.05, 0) is 36.6 Å². The van der Waals surface area contributed by atoms with Gasteiger partial charge in [0.1, 0.15) is 6.61 Å². The summed E-state index contributed by atoms with van der Waals surface area (Å²) in [6.07, 6.45) is 0.273. The quantitative estimate of drug-likeness (QED) is 0.405. The minimum atomic E-state index is -3.63. The Balaban J connectivity index is 1.22. The van der Waals surface area contributed by atoms with Crippen molar-refractivity contribution in [3.05, 3.63) is 84.4 Å². The number of nitrogens with one attached hydrogen (secondary N) is 2. The molecule has 0 bridgehead atoms. The average molecular weight is 491 g/mol. The number of hydrogen-bond donors (Lipinski definition) is 2. The number of aromatic nitrogens is 2. The predicted octanol–water partition coefficient (Wildman–Crippen LogP) is 4.77. The molecule has 3 aromatic carbocycles. The summed E-state index contributed by atoms with van der Waals surface area (Å²) in [5.74, 6) is 0. The second-order valence-electron chi connectivity index (χ2n) is 8.57. The lowest BCUT2D eigenvalue weighted by Crippen LogP contribution is -2.44. The Morgan fingerprint density at radius 3 is 2.40 bits per heavy atom. The molecule has 1 aromatic heterocycles. The van der Waals surface area contributed by atoms with Crippen molar-refractivity contribution in [1.82, 2.24) is 15.1 Å². The number of nitrogens with zero attached hydrogens (tertiary/aromatic N) is 2. The number of likely N-dealkylation sites (tertiary alicyclic amines) is 1. The topological polar surface area (TPSA) is 104 Å². The highest BCUT2D eigenvalue weighted by atomic mass is 32.2. The van der Waals surface area contributed by atoms with Crippen LogP contribution in [0.1, 0.15) is 18.4 Å². The van der Waals surface area contributed by atoms with Crippen LogP contribution in [0.2, 0.25) is 0 Å². The van der Waals surface area contributed by atoms with Gasteiger partial charge in [-0.3, -0.25) is 9.82 Å². The normalized spacial score (nSPS) is 14.7. The third-order valence-electron chi connectivity index (χ3n) is 6.21. The van der Waals surface area contributed by atoms with Crippen LogP contribution < -0.4 is 4.72 Å². The van der Waals surface area contributed by atoms with Gasteiger partial charge in [0.25, 0.3) is 0 Å². The number of benzene rings is 3. The van der Waals surface area contributed by atoms with E-state index in [1.165, 1.54) is 0 Å². The molecule has 1 aliphatic heterocycles. The lowest BCUT2D eigenvalue weighted by molar-refractivity contribution is 0.0897. The van der Waals surface area contributed by atoms with E-state index in [2.05, 4.69) is 14.9 Å². The Bertz CT molecular complexity index is 1410. The SMILES string of the molecule is O=C(OCc1ccccc1)N1CCC(S(=O)(=O)Nc2ccc3[nH]nc(-c4ccccc4)c3c2)CC1. The zero-order valence-electron chi connectivity index (χ0n) is 19.1. The number of H-pyrrole nitrogens is 1. The highest BCUT2D eigenvalue weighted by Gasteiger charge is 2.32. The van der Waals surface area contributed by atoms with Crippen LogP contribution in [-0.2, 0) is 21.4 Å². The summed E-state index contributed by atoms with van der Waals surface area (Å²) in [5.41, 5.74) is 3.94. The number of rotatable bonds is 6. The van der Waals surface area contributed by atoms with Crippen LogP contribution in [0.15, 0.2) is 78.9 Å². The molecule has 1 amide bonds. The highest BCUT2D eigenvalue weighted by Crippen LogP contribution is 2.29. The Morgan fingerprint density at radius 1 is 1.00 bits per heavy atom. The molecule has 1 saturated heterocycles. The summed E-state index contributed by atoms with van der Waals surface area (Å²) in [6, 6.07) is 24.5. The maximum atomic E-state index is 13.1. The lowest BCUT2D eigenvalue weighted by Gasteiger charge is -2.31. The molecule has 0 aliphatic carbocycles. The van der Waals surface area contributed by atoms with Crippen LogP contribution in [0.4, 0.5) is 10.5 Å². The van der Waals surface area contributed by atoms with Gasteiger partial charge >= 0.3 is 6.09 Å². The zero-order chi connectivity index (χ0) is 24.3. The average Bonchev–Trinajstić information content (AvgIpc) is 3.31. The Hall–Kier alpha value is -3.85. The number of carbonyl (C=O) groups is 1. The third kappa shape index (κ3) is 5.14. The molecule has 1 aliphatic rings. The van der Waals surface area contributed by atoms with Crippen LogP contribution in [0.5, 0.6) is 0 Å². The van der Waals surface area contributed by atoms with Gasteiger partial charge in [0.2, 0.25) is 10.0 Å². The van der Waals surface area contributed by atoms with Crippen molar-refractivity contribution in [2.24, 2.45) is 0 Å². The number of fused-ring (bicyclic) bond motifs is 1. The fraction of sp³-hybridized carbons (Fsp3) is 0.231. The zero-order valence-corrected chi connectivity index (χ0v) is 19.9. The van der Waals surface area contributed by atoms with Crippen molar-refractivity contribution < 1.29 is 17.9 Å². The molecule has 0 atom stereocenters. The van der Waals surface area contributed by atoms with Crippen molar-refractivity contribution in [1.29, 1.82) is 0 Å². The Labute approximate surface area is 204 Å². The number of sulfonamides is 1. The molecule has 2 heterocycles. The fourth-order valence-corrected chi connectivity index (χ4v) is 5.75. The first kappa shape index (κ1) is 22.9. The van der Waals surface area contributed by atoms with E-state index in [4.69, 9.17) is 4.74 Å². The molecular formula is C26H26N4O4S. The van der Waals surface area contributed by atoms with Gasteiger partial charge in [-0.15, -0.1) is 0 Å². The van der Waals surface area contributed by atoms with E-state index in [-0.39, 0.29) is 6.61 Å². The molecule has 0 radical (unpaired) electrons. The second kappa shape index (κ2) is 9.79. The van der Waals surface area contributed by atoms with Gasteiger partial charge in [-0.2, -0.15) is 5.10 Å². The molecule has 0 saturated carbocycles. The Kier molecular flexibility index (Phi) is 6.41. The molecule has 2 N–H and O–H groups in total. The largest absolute Gasteiger partial charge is 0.445 e. The minimum absolute atomic E-state index is 0.195. The molecule has 8 nitrogen and oxygen atoms in total. The molecule has 35 heavy (non-hydrogen) atoms. The van der Waals surface area contributed by atoms with Crippen molar-refractivity contribution in [2.75, 3.05) is 17.8 Å². The van der Waals surface area contributed by atoms with E-state index < -0.39 is 21.4 Å². The number of amides is 1. The lowest BCUT2D eigenvalue weighted by atomic mass is 10.1. The molecule has 0 spiro atoms. The summed E-state index contributed by atoms with van der Waals surface area (Å²) in [6.45, 7) is 0.858. The number of ether oxygens (including phenoxy) is 1. The van der Waals surface area contributed by atoms with Gasteiger partial charge in [-0.1, -0.05) is 60.7 Å². The molecule has 5 rings (SSSR count). The summed E-state index contributed by atoms with van der Waals surface area (Å²) in [7, 11) is -3.63. The van der Waals surface area contributed by atoms with Crippen molar-refractivity contribution >= 4 is 32.7 Å². The molecule has 9 heteroatoms. The third-order valence-corrected chi connectivity index (χ3v) is 8.08. The van der Waals surface area contributed by atoms with Gasteiger partial charge in [0.15, 0.2) is 0 Å². The highest BCUT2D eigenvalue weighted by molar-refractivity contribution is 7.93. The van der Waals surface area contributed by atoms with E-state index in [0.29, 0.717) is 31.6 Å². The molecule has 4 aromatic rings. The smallest absolute Gasteiger partial charge is 0.410 e. The maximum absolute atomic E-state index is 13.1. The number of piperidine rings is 1. The van der Waals surface area contributed by atoms with E-state index in [9.17, 15) is 13.2 Å². The van der Waals surface area contributed by atoms with Crippen LogP contribution in [-0.4, -0.2) is 47.9 Å². The fourth-order valence-electron chi connectivity index (χ4n) is 4.30. The predicted molar refractivity (Wildman–Crippen MR) is 135 cm³/mol. The van der Waals surface area contributed by atoms with E-state index in [1.54, 1.807) is 17.0 Å². The number of anilines is 1. The Morgan fingerprint density at radius 2 is 1.69 bits per heavy atom. The first-order chi connectivity index (χ1) is 17.0. The molecule has 180 valence electrons. The minimum Gasteiger partial charge on any atom is -0.445 e. The van der Waals surface area contributed by atoms with E-state index in [1.807, 2.05) is 66.7 Å². The summed E-state index contributed by atoms with van der Waals surface area (Å²) in [4.78, 5) is 14.0. The second-order valence-corrected chi connectivity index (χ2v) is 10.5. The van der Waals surface area contributed by atoms with Crippen molar-refractivity contribution in [2.45, 2.75) is 24.7 Å². The summed E-state index contributed by atoms with van der Waals surface area (Å²) in [5, 5.41) is 7.65. The monoisotopic (exact) mass is 490 g/mol. The van der Waals surface area contributed by atoms with Crippen LogP contribution in [0.25, 0.3) is 22.2 Å². The van der Waals surface area contributed by atoms with Crippen LogP contribution >= 0.6 is 0 Å². The van der Waals surface area contributed by atoms with Crippen molar-refractivity contribution in [3.8, 4) is 11.3 Å². The van der Waals surface area contributed by atoms with Crippen LogP contribution in [0, 0.1) is 0 Å². The first-order valence-electron chi connectivity index (χ1n) is 11.5. The molecule has 1 fully saturated rings. The standard InChI is InChI=1S/C26H26N4O4S/c31-26(34-18-19-7-3-1-4-8-19)30-15-13-22(14-16-30)35(32,33)29-21-11-12-24-23(17-21)25(28-27-24)20-9-5-2-6-10-20/h1-12,17,22,29H,13-16,18H2,(H,27,28). The molecule has 0 unspecified atom stereocenters. The van der Waals surface area contributed by atoms with Crippen LogP contribution in [0.3, 0.4) is 0 Å². The number of hydrogen-bond acceptors (Lipinski definition) is 5. The van der Waals surface area contributed by atoms with E-state index >= 15 is 0 Å². The number of carbonyl (C=O) groups excluding carboxylic acids is 1. The number of aromatic amines is 1. The maximum Gasteiger partial charge on any atom is 0.410 e. The van der Waals surface area contributed by atoms with Gasteiger partial charge in [0, 0.05) is 29.7 Å². The summed E-state index contributed by atoms with van der Waals surface area (Å²) < 4.78 is 34.3. The molecular weight excluding hydrogens is 464 g/mol. The summed E-state index contributed by atoms with van der Waals surface area (Å²) >= 11 is 0. The van der Waals surface area contributed by atoms with Crippen molar-refractivity contribution in [3.63, 3.8) is 0 Å². The van der Waals surface area contributed by atoms with E-state index in [0.717, 1.165) is 27.7 Å². The van der Waals surface area contributed by atoms with Gasteiger partial charge in [-0.25, -0.2) is 13.2 Å². The first-order valence-corrected chi connectivity index (χ1v) is 13.0. The van der Waals surface area contributed by atoms with Gasteiger partial charge in [0.05, 0.1) is 16.5 Å². The van der Waals surface area contributed by atoms with Gasteiger partial charge < -0.3 is 9.64 Å².